The van der Waals surface area contributed by atoms with Gasteiger partial charge in [-0.05, 0) is 25.0 Å². The monoisotopic (exact) mass is 370 g/mol. The zero-order valence-electron chi connectivity index (χ0n) is 14.8. The molecular weight excluding hydrogens is 351 g/mol. The summed E-state index contributed by atoms with van der Waals surface area (Å²) in [7, 11) is 1.85. The first-order valence-electron chi connectivity index (χ1n) is 8.74. The molecule has 4 rings (SSSR count). The fourth-order valence-corrected chi connectivity index (χ4v) is 3.31. The normalized spacial score (nSPS) is 16.7. The molecule has 2 aromatic heterocycles. The van der Waals surface area contributed by atoms with Gasteiger partial charge in [0.15, 0.2) is 23.0 Å². The van der Waals surface area contributed by atoms with Crippen molar-refractivity contribution < 1.29 is 18.4 Å². The third-order valence-corrected chi connectivity index (χ3v) is 4.61. The van der Waals surface area contributed by atoms with Crippen LogP contribution >= 0.6 is 0 Å². The maximum atomic E-state index is 13.6. The highest BCUT2D eigenvalue weighted by Gasteiger charge is 2.32. The minimum absolute atomic E-state index is 0.00670. The van der Waals surface area contributed by atoms with Gasteiger partial charge in [0.1, 0.15) is 6.61 Å². The van der Waals surface area contributed by atoms with E-state index >= 15 is 0 Å². The Hall–Kier alpha value is -3.16. The van der Waals surface area contributed by atoms with E-state index in [1.807, 2.05) is 13.2 Å². The molecule has 8 heteroatoms. The molecule has 1 aliphatic rings. The highest BCUT2D eigenvalue weighted by atomic mass is 19.1. The minimum atomic E-state index is -0.454. The van der Waals surface area contributed by atoms with Crippen molar-refractivity contribution in [3.05, 3.63) is 65.6 Å². The van der Waals surface area contributed by atoms with Crippen LogP contribution in [0.4, 0.5) is 4.39 Å². The number of nitrogens with zero attached hydrogens (tertiary/aromatic N) is 4. The molecule has 1 amide bonds. The molecule has 1 saturated heterocycles. The molecule has 0 bridgehead atoms. The van der Waals surface area contributed by atoms with Crippen molar-refractivity contribution in [2.24, 2.45) is 7.05 Å². The average molecular weight is 370 g/mol. The molecule has 27 heavy (non-hydrogen) atoms. The van der Waals surface area contributed by atoms with Crippen LogP contribution in [0.15, 0.2) is 47.2 Å². The fraction of sp³-hybridized carbons (Fsp3) is 0.316. The van der Waals surface area contributed by atoms with Crippen molar-refractivity contribution in [3.8, 4) is 5.75 Å². The van der Waals surface area contributed by atoms with E-state index in [-0.39, 0.29) is 30.0 Å². The average Bonchev–Trinajstić information content (AvgIpc) is 3.40. The van der Waals surface area contributed by atoms with Crippen LogP contribution in [0.5, 0.6) is 5.75 Å². The van der Waals surface area contributed by atoms with E-state index in [9.17, 15) is 9.18 Å². The first-order valence-corrected chi connectivity index (χ1v) is 8.74. The van der Waals surface area contributed by atoms with E-state index in [1.165, 1.54) is 12.1 Å². The number of para-hydroxylation sites is 1. The molecule has 1 fully saturated rings. The third-order valence-electron chi connectivity index (χ3n) is 4.61. The lowest BCUT2D eigenvalue weighted by atomic mass is 10.1. The zero-order valence-corrected chi connectivity index (χ0v) is 14.8. The smallest absolute Gasteiger partial charge is 0.276 e. The Balaban J connectivity index is 1.44. The number of aryl methyl sites for hydroxylation is 1. The standard InChI is InChI=1S/C19H19FN4O3/c1-23-11-13(10-21-23)17-6-4-8-24(17)19(25)16-9-14(27-22-16)12-26-18-7-3-2-5-15(18)20/h2-3,5,7,9-11,17H,4,6,8,12H2,1H3. The van der Waals surface area contributed by atoms with Crippen LogP contribution < -0.4 is 4.74 Å². The second kappa shape index (κ2) is 7.22. The van der Waals surface area contributed by atoms with Crippen LogP contribution in [0.25, 0.3) is 0 Å². The summed E-state index contributed by atoms with van der Waals surface area (Å²) in [5.41, 5.74) is 1.23. The predicted molar refractivity (Wildman–Crippen MR) is 93.5 cm³/mol. The summed E-state index contributed by atoms with van der Waals surface area (Å²) < 4.78 is 25.9. The van der Waals surface area contributed by atoms with Gasteiger partial charge in [-0.25, -0.2) is 4.39 Å². The van der Waals surface area contributed by atoms with Crippen molar-refractivity contribution in [1.82, 2.24) is 19.8 Å². The summed E-state index contributed by atoms with van der Waals surface area (Å²) in [6, 6.07) is 7.64. The van der Waals surface area contributed by atoms with Crippen molar-refractivity contribution in [2.75, 3.05) is 6.54 Å². The molecule has 1 atom stereocenters. The van der Waals surface area contributed by atoms with Gasteiger partial charge in [-0.1, -0.05) is 17.3 Å². The Morgan fingerprint density at radius 3 is 3.04 bits per heavy atom. The van der Waals surface area contributed by atoms with E-state index in [1.54, 1.807) is 34.0 Å². The van der Waals surface area contributed by atoms with Gasteiger partial charge in [-0.2, -0.15) is 5.10 Å². The number of ether oxygens (including phenoxy) is 1. The number of carbonyl (C=O) groups excluding carboxylic acids is 1. The molecule has 7 nitrogen and oxygen atoms in total. The van der Waals surface area contributed by atoms with Gasteiger partial charge in [0, 0.05) is 31.4 Å². The Bertz CT molecular complexity index is 952. The van der Waals surface area contributed by atoms with Crippen LogP contribution in [0.2, 0.25) is 0 Å². The summed E-state index contributed by atoms with van der Waals surface area (Å²) in [5, 5.41) is 8.06. The Labute approximate surface area is 155 Å². The van der Waals surface area contributed by atoms with Gasteiger partial charge in [0.05, 0.1) is 12.2 Å². The second-order valence-electron chi connectivity index (χ2n) is 6.50. The SMILES string of the molecule is Cn1cc(C2CCCN2C(=O)c2cc(COc3ccccc3F)on2)cn1. The number of halogens is 1. The fourth-order valence-electron chi connectivity index (χ4n) is 3.31. The largest absolute Gasteiger partial charge is 0.482 e. The van der Waals surface area contributed by atoms with Crippen LogP contribution in [0, 0.1) is 5.82 Å². The Kier molecular flexibility index (Phi) is 4.62. The Morgan fingerprint density at radius 1 is 1.41 bits per heavy atom. The number of aromatic nitrogens is 3. The number of carbonyl (C=O) groups is 1. The van der Waals surface area contributed by atoms with Crippen LogP contribution in [0.3, 0.4) is 0 Å². The maximum absolute atomic E-state index is 13.6. The summed E-state index contributed by atoms with van der Waals surface area (Å²) in [6.45, 7) is 0.652. The van der Waals surface area contributed by atoms with Crippen molar-refractivity contribution in [3.63, 3.8) is 0 Å². The van der Waals surface area contributed by atoms with E-state index in [2.05, 4.69) is 10.3 Å². The zero-order chi connectivity index (χ0) is 18.8. The molecule has 140 valence electrons. The highest BCUT2D eigenvalue weighted by molar-refractivity contribution is 5.92. The molecule has 0 saturated carbocycles. The third kappa shape index (κ3) is 3.55. The summed E-state index contributed by atoms with van der Waals surface area (Å²) in [5.74, 6) is -0.163. The molecule has 0 N–H and O–H groups in total. The first kappa shape index (κ1) is 17.3. The van der Waals surface area contributed by atoms with E-state index in [4.69, 9.17) is 9.26 Å². The number of likely N-dealkylation sites (tertiary alicyclic amines) is 1. The second-order valence-corrected chi connectivity index (χ2v) is 6.50. The van der Waals surface area contributed by atoms with E-state index < -0.39 is 5.82 Å². The van der Waals surface area contributed by atoms with Gasteiger partial charge in [-0.3, -0.25) is 9.48 Å². The number of rotatable bonds is 5. The highest BCUT2D eigenvalue weighted by Crippen LogP contribution is 2.32. The van der Waals surface area contributed by atoms with Crippen LogP contribution in [0.1, 0.15) is 40.7 Å². The number of hydrogen-bond donors (Lipinski definition) is 0. The molecule has 1 unspecified atom stereocenters. The number of hydrogen-bond acceptors (Lipinski definition) is 5. The van der Waals surface area contributed by atoms with Gasteiger partial charge in [-0.15, -0.1) is 0 Å². The lowest BCUT2D eigenvalue weighted by Gasteiger charge is -2.22. The number of amides is 1. The lowest BCUT2D eigenvalue weighted by molar-refractivity contribution is 0.0724. The molecule has 0 aliphatic carbocycles. The molecule has 3 aromatic rings. The maximum Gasteiger partial charge on any atom is 0.276 e. The number of benzene rings is 1. The quantitative estimate of drug-likeness (QED) is 0.690. The molecule has 1 aromatic carbocycles. The van der Waals surface area contributed by atoms with Gasteiger partial charge in [0.2, 0.25) is 0 Å². The molecule has 0 radical (unpaired) electrons. The van der Waals surface area contributed by atoms with E-state index in [0.717, 1.165) is 18.4 Å². The van der Waals surface area contributed by atoms with Gasteiger partial charge < -0.3 is 14.2 Å². The Morgan fingerprint density at radius 2 is 2.26 bits per heavy atom. The molecule has 0 spiro atoms. The van der Waals surface area contributed by atoms with E-state index in [0.29, 0.717) is 12.3 Å². The summed E-state index contributed by atoms with van der Waals surface area (Å²) >= 11 is 0. The molecular formula is C19H19FN4O3. The lowest BCUT2D eigenvalue weighted by Crippen LogP contribution is -2.30. The minimum Gasteiger partial charge on any atom is -0.482 e. The summed E-state index contributed by atoms with van der Waals surface area (Å²) in [6.07, 6.45) is 5.52. The predicted octanol–water partition coefficient (Wildman–Crippen LogP) is 3.10. The van der Waals surface area contributed by atoms with Crippen LogP contribution in [-0.4, -0.2) is 32.3 Å². The van der Waals surface area contributed by atoms with Crippen molar-refractivity contribution in [2.45, 2.75) is 25.5 Å². The van der Waals surface area contributed by atoms with Crippen molar-refractivity contribution >= 4 is 5.91 Å². The topological polar surface area (TPSA) is 73.4 Å². The van der Waals surface area contributed by atoms with Crippen molar-refractivity contribution in [1.29, 1.82) is 0 Å². The van der Waals surface area contributed by atoms with Gasteiger partial charge in [0.25, 0.3) is 5.91 Å². The molecule has 1 aliphatic heterocycles. The first-order chi connectivity index (χ1) is 13.1. The van der Waals surface area contributed by atoms with Crippen LogP contribution in [-0.2, 0) is 13.7 Å². The summed E-state index contributed by atoms with van der Waals surface area (Å²) in [4.78, 5) is 14.6. The van der Waals surface area contributed by atoms with Gasteiger partial charge >= 0.3 is 0 Å². The molecule has 3 heterocycles.